The lowest BCUT2D eigenvalue weighted by Gasteiger charge is -2.27. The van der Waals surface area contributed by atoms with Crippen LogP contribution in [-0.2, 0) is 13.0 Å². The van der Waals surface area contributed by atoms with Crippen LogP contribution in [0.5, 0.6) is 0 Å². The molecular formula is C25H34N4S. The number of benzene rings is 2. The third kappa shape index (κ3) is 5.83. The highest BCUT2D eigenvalue weighted by Gasteiger charge is 2.14. The van der Waals surface area contributed by atoms with Crippen molar-refractivity contribution in [2.45, 2.75) is 40.2 Å². The molecule has 0 saturated carbocycles. The fraction of sp³-hybridized carbons (Fsp3) is 0.400. The molecule has 2 N–H and O–H groups in total. The molecular weight excluding hydrogens is 388 g/mol. The Morgan fingerprint density at radius 2 is 1.80 bits per heavy atom. The summed E-state index contributed by atoms with van der Waals surface area (Å²) in [5, 5.41) is 5.53. The van der Waals surface area contributed by atoms with E-state index in [0.29, 0.717) is 0 Å². The first-order chi connectivity index (χ1) is 14.6. The number of hydrogen-bond acceptors (Lipinski definition) is 2. The fourth-order valence-corrected chi connectivity index (χ4v) is 4.09. The lowest BCUT2D eigenvalue weighted by molar-refractivity contribution is 0.281. The molecule has 0 fully saturated rings. The van der Waals surface area contributed by atoms with Crippen molar-refractivity contribution in [3.8, 4) is 0 Å². The second-order valence-corrected chi connectivity index (χ2v) is 8.03. The minimum Gasteiger partial charge on any atom is -0.361 e. The maximum atomic E-state index is 5.86. The van der Waals surface area contributed by atoms with E-state index >= 15 is 0 Å². The molecule has 3 rings (SSSR count). The number of H-pyrrole nitrogens is 1. The molecule has 2 aromatic carbocycles. The van der Waals surface area contributed by atoms with Crippen molar-refractivity contribution in [2.75, 3.05) is 31.5 Å². The van der Waals surface area contributed by atoms with Gasteiger partial charge in [0.1, 0.15) is 0 Å². The molecule has 0 bridgehead atoms. The Morgan fingerprint density at radius 1 is 1.00 bits per heavy atom. The lowest BCUT2D eigenvalue weighted by atomic mass is 10.1. The van der Waals surface area contributed by atoms with Gasteiger partial charge in [-0.2, -0.15) is 0 Å². The zero-order valence-electron chi connectivity index (χ0n) is 18.4. The zero-order chi connectivity index (χ0) is 21.3. The summed E-state index contributed by atoms with van der Waals surface area (Å²) in [4.78, 5) is 8.15. The number of para-hydroxylation sites is 1. The number of aromatic amines is 1. The van der Waals surface area contributed by atoms with E-state index in [1.54, 1.807) is 0 Å². The second-order valence-electron chi connectivity index (χ2n) is 7.65. The largest absolute Gasteiger partial charge is 0.361 e. The van der Waals surface area contributed by atoms with Crippen molar-refractivity contribution < 1.29 is 0 Å². The van der Waals surface area contributed by atoms with Crippen LogP contribution in [0.1, 0.15) is 38.3 Å². The van der Waals surface area contributed by atoms with E-state index < -0.39 is 0 Å². The molecule has 0 atom stereocenters. The van der Waals surface area contributed by atoms with Crippen molar-refractivity contribution in [3.05, 3.63) is 65.9 Å². The average Bonchev–Trinajstić information content (AvgIpc) is 3.19. The van der Waals surface area contributed by atoms with Crippen LogP contribution in [0.3, 0.4) is 0 Å². The predicted octanol–water partition coefficient (Wildman–Crippen LogP) is 5.66. The van der Waals surface area contributed by atoms with Crippen LogP contribution >= 0.6 is 12.2 Å². The molecule has 0 amide bonds. The Balaban J connectivity index is 1.74. The summed E-state index contributed by atoms with van der Waals surface area (Å²) in [5.74, 6) is 0. The molecule has 1 aromatic heterocycles. The van der Waals surface area contributed by atoms with Crippen LogP contribution in [0.25, 0.3) is 10.9 Å². The average molecular weight is 423 g/mol. The molecule has 4 nitrogen and oxygen atoms in total. The van der Waals surface area contributed by atoms with Gasteiger partial charge in [-0.1, -0.05) is 51.1 Å². The molecule has 1 heterocycles. The summed E-state index contributed by atoms with van der Waals surface area (Å²) in [6, 6.07) is 17.0. The van der Waals surface area contributed by atoms with Crippen molar-refractivity contribution in [3.63, 3.8) is 0 Å². The monoisotopic (exact) mass is 422 g/mol. The van der Waals surface area contributed by atoms with E-state index in [1.165, 1.54) is 22.0 Å². The molecule has 0 unspecified atom stereocenters. The van der Waals surface area contributed by atoms with Crippen LogP contribution in [0.4, 0.5) is 5.69 Å². The fourth-order valence-electron chi connectivity index (χ4n) is 3.82. The predicted molar refractivity (Wildman–Crippen MR) is 133 cm³/mol. The first-order valence-electron chi connectivity index (χ1n) is 11.1. The Kier molecular flexibility index (Phi) is 8.29. The third-order valence-corrected chi connectivity index (χ3v) is 6.07. The highest BCUT2D eigenvalue weighted by Crippen LogP contribution is 2.20. The number of nitrogens with zero attached hydrogens (tertiary/aromatic N) is 2. The van der Waals surface area contributed by atoms with Gasteiger partial charge in [-0.3, -0.25) is 0 Å². The molecule has 160 valence electrons. The Morgan fingerprint density at radius 3 is 2.57 bits per heavy atom. The molecule has 0 saturated heterocycles. The summed E-state index contributed by atoms with van der Waals surface area (Å²) in [6.07, 6.45) is 4.22. The second kappa shape index (κ2) is 11.1. The maximum absolute atomic E-state index is 5.86. The molecule has 30 heavy (non-hydrogen) atoms. The van der Waals surface area contributed by atoms with E-state index in [-0.39, 0.29) is 0 Å². The van der Waals surface area contributed by atoms with Crippen molar-refractivity contribution in [2.24, 2.45) is 0 Å². The van der Waals surface area contributed by atoms with Crippen LogP contribution in [0.2, 0.25) is 0 Å². The number of nitrogens with one attached hydrogen (secondary N) is 2. The Hall–Kier alpha value is -2.37. The number of fused-ring (bicyclic) bond motifs is 1. The standard InChI is InChI=1S/C25H34N4S/c1-4-20-11-9-12-22(17-20)27-25(30)29(16-10-15-28(5-2)6-3)19-21-18-26-24-14-8-7-13-23(21)24/h7-9,11-14,17-18,26H,4-6,10,15-16,19H2,1-3H3,(H,27,30). The van der Waals surface area contributed by atoms with E-state index in [4.69, 9.17) is 12.2 Å². The summed E-state index contributed by atoms with van der Waals surface area (Å²) < 4.78 is 0. The van der Waals surface area contributed by atoms with E-state index in [0.717, 1.165) is 56.4 Å². The smallest absolute Gasteiger partial charge is 0.173 e. The van der Waals surface area contributed by atoms with Crippen molar-refractivity contribution in [1.82, 2.24) is 14.8 Å². The molecule has 0 spiro atoms. The van der Waals surface area contributed by atoms with Gasteiger partial charge in [-0.05, 0) is 74.0 Å². The normalized spacial score (nSPS) is 11.2. The number of aryl methyl sites for hydroxylation is 1. The van der Waals surface area contributed by atoms with Gasteiger partial charge in [0.15, 0.2) is 5.11 Å². The third-order valence-electron chi connectivity index (χ3n) is 5.71. The Labute approximate surface area is 186 Å². The van der Waals surface area contributed by atoms with Gasteiger partial charge in [0.2, 0.25) is 0 Å². The quantitative estimate of drug-likeness (QED) is 0.413. The van der Waals surface area contributed by atoms with Gasteiger partial charge in [-0.25, -0.2) is 0 Å². The van der Waals surface area contributed by atoms with Crippen LogP contribution < -0.4 is 5.32 Å². The number of rotatable bonds is 10. The first-order valence-corrected chi connectivity index (χ1v) is 11.5. The van der Waals surface area contributed by atoms with Gasteiger partial charge >= 0.3 is 0 Å². The minimum absolute atomic E-state index is 0.785. The summed E-state index contributed by atoms with van der Waals surface area (Å²) in [7, 11) is 0. The van der Waals surface area contributed by atoms with Gasteiger partial charge in [0.05, 0.1) is 0 Å². The summed E-state index contributed by atoms with van der Waals surface area (Å²) in [5.41, 5.74) is 4.82. The van der Waals surface area contributed by atoms with Crippen molar-refractivity contribution in [1.29, 1.82) is 0 Å². The number of thiocarbonyl (C=S) groups is 1. The van der Waals surface area contributed by atoms with E-state index in [2.05, 4.69) is 95.6 Å². The minimum atomic E-state index is 0.785. The topological polar surface area (TPSA) is 34.3 Å². The molecule has 0 radical (unpaired) electrons. The molecule has 5 heteroatoms. The lowest BCUT2D eigenvalue weighted by Crippen LogP contribution is -2.36. The highest BCUT2D eigenvalue weighted by molar-refractivity contribution is 7.80. The molecule has 0 aliphatic carbocycles. The van der Waals surface area contributed by atoms with Gasteiger partial charge in [0.25, 0.3) is 0 Å². The molecule has 3 aromatic rings. The zero-order valence-corrected chi connectivity index (χ0v) is 19.3. The van der Waals surface area contributed by atoms with E-state index in [9.17, 15) is 0 Å². The van der Waals surface area contributed by atoms with Crippen molar-refractivity contribution >= 4 is 33.9 Å². The van der Waals surface area contributed by atoms with Gasteiger partial charge in [-0.15, -0.1) is 0 Å². The number of hydrogen-bond donors (Lipinski definition) is 2. The van der Waals surface area contributed by atoms with Gasteiger partial charge < -0.3 is 20.1 Å². The highest BCUT2D eigenvalue weighted by atomic mass is 32.1. The Bertz CT molecular complexity index is 945. The number of aromatic nitrogens is 1. The van der Waals surface area contributed by atoms with Crippen LogP contribution in [0, 0.1) is 0 Å². The van der Waals surface area contributed by atoms with Crippen LogP contribution in [-0.4, -0.2) is 46.1 Å². The molecule has 0 aliphatic rings. The van der Waals surface area contributed by atoms with Gasteiger partial charge in [0, 0.05) is 35.9 Å². The summed E-state index contributed by atoms with van der Waals surface area (Å²) >= 11 is 5.86. The maximum Gasteiger partial charge on any atom is 0.173 e. The first kappa shape index (κ1) is 22.3. The number of anilines is 1. The summed E-state index contributed by atoms with van der Waals surface area (Å²) in [6.45, 7) is 11.6. The van der Waals surface area contributed by atoms with Crippen LogP contribution in [0.15, 0.2) is 54.7 Å². The SMILES string of the molecule is CCc1cccc(NC(=S)N(CCCN(CC)CC)Cc2c[nH]c3ccccc23)c1. The molecule has 0 aliphatic heterocycles. The van der Waals surface area contributed by atoms with E-state index in [1.807, 2.05) is 0 Å².